The summed E-state index contributed by atoms with van der Waals surface area (Å²) in [5, 5.41) is 11.7. The smallest absolute Gasteiger partial charge is 0.255 e. The number of nitrogens with one attached hydrogen (secondary N) is 1. The molecular formula is C16H18N2O2. The summed E-state index contributed by atoms with van der Waals surface area (Å²) in [5.74, 6) is -0.155. The van der Waals surface area contributed by atoms with Crippen LogP contribution in [-0.2, 0) is 6.42 Å². The Morgan fingerprint density at radius 2 is 1.90 bits per heavy atom. The highest BCUT2D eigenvalue weighted by Crippen LogP contribution is 2.16. The van der Waals surface area contributed by atoms with Gasteiger partial charge in [-0.1, -0.05) is 12.1 Å². The molecule has 0 atom stereocenters. The molecule has 0 aliphatic heterocycles. The van der Waals surface area contributed by atoms with E-state index in [1.165, 1.54) is 0 Å². The van der Waals surface area contributed by atoms with E-state index in [4.69, 9.17) is 10.8 Å². The third-order valence-electron chi connectivity index (χ3n) is 3.11. The molecular weight excluding hydrogens is 252 g/mol. The predicted octanol–water partition coefficient (Wildman–Crippen LogP) is 2.36. The number of amides is 1. The fourth-order valence-electron chi connectivity index (χ4n) is 2.02. The van der Waals surface area contributed by atoms with Crippen LogP contribution < -0.4 is 11.1 Å². The zero-order valence-corrected chi connectivity index (χ0v) is 11.4. The summed E-state index contributed by atoms with van der Waals surface area (Å²) in [7, 11) is 0. The number of carbonyl (C=O) groups excluding carboxylic acids is 1. The maximum atomic E-state index is 12.2. The Bertz CT molecular complexity index is 606. The van der Waals surface area contributed by atoms with Crippen LogP contribution in [0, 0.1) is 6.92 Å². The second kappa shape index (κ2) is 6.21. The Morgan fingerprint density at radius 1 is 1.20 bits per heavy atom. The molecule has 4 N–H and O–H groups in total. The third kappa shape index (κ3) is 3.36. The quantitative estimate of drug-likeness (QED) is 0.747. The first kappa shape index (κ1) is 14.1. The van der Waals surface area contributed by atoms with Crippen LogP contribution in [0.2, 0.25) is 0 Å². The van der Waals surface area contributed by atoms with Crippen LogP contribution in [0.1, 0.15) is 21.5 Å². The largest absolute Gasteiger partial charge is 0.399 e. The van der Waals surface area contributed by atoms with Gasteiger partial charge in [-0.15, -0.1) is 0 Å². The number of anilines is 2. The number of benzene rings is 2. The molecule has 0 unspecified atom stereocenters. The summed E-state index contributed by atoms with van der Waals surface area (Å²) < 4.78 is 0. The number of hydrogen-bond acceptors (Lipinski definition) is 3. The van der Waals surface area contributed by atoms with Gasteiger partial charge < -0.3 is 16.2 Å². The monoisotopic (exact) mass is 270 g/mol. The summed E-state index contributed by atoms with van der Waals surface area (Å²) in [6.07, 6.45) is 0.616. The zero-order valence-electron chi connectivity index (χ0n) is 11.4. The van der Waals surface area contributed by atoms with Gasteiger partial charge >= 0.3 is 0 Å². The molecule has 0 spiro atoms. The van der Waals surface area contributed by atoms with E-state index in [1.54, 1.807) is 18.2 Å². The maximum Gasteiger partial charge on any atom is 0.255 e. The summed E-state index contributed by atoms with van der Waals surface area (Å²) in [6, 6.07) is 12.7. The molecule has 0 radical (unpaired) electrons. The van der Waals surface area contributed by atoms with Gasteiger partial charge in [0.15, 0.2) is 0 Å². The number of aliphatic hydroxyl groups is 1. The Hall–Kier alpha value is -2.33. The normalized spacial score (nSPS) is 10.3. The van der Waals surface area contributed by atoms with E-state index >= 15 is 0 Å². The number of nitrogen functional groups attached to an aromatic ring is 1. The lowest BCUT2D eigenvalue weighted by Crippen LogP contribution is -2.13. The molecule has 0 aliphatic rings. The zero-order chi connectivity index (χ0) is 14.5. The molecule has 0 saturated carbocycles. The molecule has 0 fully saturated rings. The van der Waals surface area contributed by atoms with E-state index in [1.807, 2.05) is 31.2 Å². The third-order valence-corrected chi connectivity index (χ3v) is 3.11. The van der Waals surface area contributed by atoms with Gasteiger partial charge in [0.2, 0.25) is 0 Å². The van der Waals surface area contributed by atoms with Crippen molar-refractivity contribution < 1.29 is 9.90 Å². The molecule has 0 heterocycles. The molecule has 4 nitrogen and oxygen atoms in total. The first-order valence-corrected chi connectivity index (χ1v) is 6.47. The van der Waals surface area contributed by atoms with Gasteiger partial charge in [0.25, 0.3) is 5.91 Å². The fourth-order valence-corrected chi connectivity index (χ4v) is 2.02. The lowest BCUT2D eigenvalue weighted by molar-refractivity contribution is 0.102. The molecule has 2 rings (SSSR count). The van der Waals surface area contributed by atoms with Crippen molar-refractivity contribution in [1.82, 2.24) is 0 Å². The molecule has 0 aliphatic carbocycles. The van der Waals surface area contributed by atoms with Crippen molar-refractivity contribution in [3.05, 3.63) is 59.2 Å². The minimum atomic E-state index is -0.155. The highest BCUT2D eigenvalue weighted by molar-refractivity contribution is 6.05. The Kier molecular flexibility index (Phi) is 4.38. The van der Waals surface area contributed by atoms with Gasteiger partial charge in [0, 0.05) is 23.5 Å². The number of rotatable bonds is 4. The minimum absolute atomic E-state index is 0.121. The lowest BCUT2D eigenvalue weighted by atomic mass is 10.1. The van der Waals surface area contributed by atoms with Crippen LogP contribution in [0.15, 0.2) is 42.5 Å². The van der Waals surface area contributed by atoms with Crippen molar-refractivity contribution in [3.63, 3.8) is 0 Å². The summed E-state index contributed by atoms with van der Waals surface area (Å²) >= 11 is 0. The second-order valence-electron chi connectivity index (χ2n) is 4.70. The van der Waals surface area contributed by atoms with Crippen molar-refractivity contribution in [2.75, 3.05) is 17.7 Å². The van der Waals surface area contributed by atoms with Crippen molar-refractivity contribution in [1.29, 1.82) is 0 Å². The maximum absolute atomic E-state index is 12.2. The van der Waals surface area contributed by atoms with E-state index in [0.717, 1.165) is 16.8 Å². The molecule has 1 amide bonds. The SMILES string of the molecule is Cc1cc(N)ccc1C(=O)Nc1ccc(CCO)cc1. The van der Waals surface area contributed by atoms with E-state index < -0.39 is 0 Å². The van der Waals surface area contributed by atoms with Crippen LogP contribution >= 0.6 is 0 Å². The predicted molar refractivity (Wildman–Crippen MR) is 80.8 cm³/mol. The average molecular weight is 270 g/mol. The highest BCUT2D eigenvalue weighted by atomic mass is 16.2. The Morgan fingerprint density at radius 3 is 2.50 bits per heavy atom. The topological polar surface area (TPSA) is 75.4 Å². The van der Waals surface area contributed by atoms with Crippen molar-refractivity contribution >= 4 is 17.3 Å². The van der Waals surface area contributed by atoms with Crippen LogP contribution in [0.5, 0.6) is 0 Å². The van der Waals surface area contributed by atoms with Crippen LogP contribution in [0.4, 0.5) is 11.4 Å². The lowest BCUT2D eigenvalue weighted by Gasteiger charge is -2.09. The molecule has 4 heteroatoms. The van der Waals surface area contributed by atoms with E-state index in [9.17, 15) is 4.79 Å². The number of aliphatic hydroxyl groups excluding tert-OH is 1. The summed E-state index contributed by atoms with van der Waals surface area (Å²) in [5.41, 5.74) is 9.54. The van der Waals surface area contributed by atoms with Crippen LogP contribution in [-0.4, -0.2) is 17.6 Å². The van der Waals surface area contributed by atoms with Crippen molar-refractivity contribution in [3.8, 4) is 0 Å². The van der Waals surface area contributed by atoms with E-state index in [-0.39, 0.29) is 12.5 Å². The first-order valence-electron chi connectivity index (χ1n) is 6.47. The van der Waals surface area contributed by atoms with Gasteiger partial charge in [0.1, 0.15) is 0 Å². The molecule has 2 aromatic rings. The molecule has 104 valence electrons. The van der Waals surface area contributed by atoms with E-state index in [0.29, 0.717) is 17.7 Å². The van der Waals surface area contributed by atoms with Gasteiger partial charge in [-0.25, -0.2) is 0 Å². The van der Waals surface area contributed by atoms with E-state index in [2.05, 4.69) is 5.32 Å². The number of carbonyl (C=O) groups is 1. The van der Waals surface area contributed by atoms with Gasteiger partial charge in [-0.2, -0.15) is 0 Å². The molecule has 2 aromatic carbocycles. The van der Waals surface area contributed by atoms with Crippen LogP contribution in [0.3, 0.4) is 0 Å². The summed E-state index contributed by atoms with van der Waals surface area (Å²) in [4.78, 5) is 12.2. The minimum Gasteiger partial charge on any atom is -0.399 e. The first-order chi connectivity index (χ1) is 9.60. The average Bonchev–Trinajstić information content (AvgIpc) is 2.41. The number of hydrogen-bond donors (Lipinski definition) is 3. The van der Waals surface area contributed by atoms with Crippen molar-refractivity contribution in [2.45, 2.75) is 13.3 Å². The van der Waals surface area contributed by atoms with Crippen LogP contribution in [0.25, 0.3) is 0 Å². The van der Waals surface area contributed by atoms with Gasteiger partial charge in [-0.3, -0.25) is 4.79 Å². The highest BCUT2D eigenvalue weighted by Gasteiger charge is 2.09. The molecule has 0 aromatic heterocycles. The van der Waals surface area contributed by atoms with Gasteiger partial charge in [0.05, 0.1) is 0 Å². The Balaban J connectivity index is 2.11. The molecule has 0 saturated heterocycles. The molecule has 0 bridgehead atoms. The second-order valence-corrected chi connectivity index (χ2v) is 4.70. The summed E-state index contributed by atoms with van der Waals surface area (Å²) in [6.45, 7) is 1.98. The van der Waals surface area contributed by atoms with Crippen molar-refractivity contribution in [2.24, 2.45) is 0 Å². The number of nitrogens with two attached hydrogens (primary N) is 1. The Labute approximate surface area is 118 Å². The molecule has 20 heavy (non-hydrogen) atoms. The standard InChI is InChI=1S/C16H18N2O2/c1-11-10-13(17)4-7-15(11)16(20)18-14-5-2-12(3-6-14)8-9-19/h2-7,10,19H,8-9,17H2,1H3,(H,18,20). The fraction of sp³-hybridized carbons (Fsp3) is 0.188. The number of aryl methyl sites for hydroxylation is 1. The van der Waals surface area contributed by atoms with Gasteiger partial charge in [-0.05, 0) is 54.8 Å².